The predicted molar refractivity (Wildman–Crippen MR) is 57.2 cm³/mol. The number of rotatable bonds is 1. The van der Waals surface area contributed by atoms with Crippen LogP contribution in [0.5, 0.6) is 0 Å². The molecule has 2 unspecified atom stereocenters. The molecule has 2 aliphatic heterocycles. The van der Waals surface area contributed by atoms with Crippen LogP contribution in [0, 0.1) is 11.8 Å². The van der Waals surface area contributed by atoms with E-state index in [0.29, 0.717) is 5.92 Å². The molecule has 0 amide bonds. The van der Waals surface area contributed by atoms with E-state index in [1.54, 1.807) is 0 Å². The molecule has 14 heavy (non-hydrogen) atoms. The molecule has 82 valence electrons. The SMILES string of the molecule is CN1CCC(C2CNCC2(C)O)CC1. The summed E-state index contributed by atoms with van der Waals surface area (Å²) in [7, 11) is 2.18. The van der Waals surface area contributed by atoms with Gasteiger partial charge in [-0.1, -0.05) is 0 Å². The first-order valence-electron chi connectivity index (χ1n) is 5.71. The van der Waals surface area contributed by atoms with Crippen LogP contribution in [0.15, 0.2) is 0 Å². The lowest BCUT2D eigenvalue weighted by Gasteiger charge is -2.37. The number of nitrogens with zero attached hydrogens (tertiary/aromatic N) is 1. The Hall–Kier alpha value is -0.120. The summed E-state index contributed by atoms with van der Waals surface area (Å²) in [5.41, 5.74) is -0.472. The minimum atomic E-state index is -0.472. The van der Waals surface area contributed by atoms with Crippen LogP contribution in [0.25, 0.3) is 0 Å². The molecule has 0 spiro atoms. The molecule has 3 nitrogen and oxygen atoms in total. The fraction of sp³-hybridized carbons (Fsp3) is 1.00. The van der Waals surface area contributed by atoms with Crippen LogP contribution in [-0.2, 0) is 0 Å². The highest BCUT2D eigenvalue weighted by Gasteiger charge is 2.41. The second-order valence-electron chi connectivity index (χ2n) is 5.24. The molecule has 0 aliphatic carbocycles. The Kier molecular flexibility index (Phi) is 2.82. The maximum absolute atomic E-state index is 10.2. The van der Waals surface area contributed by atoms with Crippen LogP contribution < -0.4 is 5.32 Å². The maximum Gasteiger partial charge on any atom is 0.0786 e. The van der Waals surface area contributed by atoms with Crippen molar-refractivity contribution in [3.63, 3.8) is 0 Å². The Balaban J connectivity index is 1.95. The van der Waals surface area contributed by atoms with Gasteiger partial charge in [-0.2, -0.15) is 0 Å². The Morgan fingerprint density at radius 2 is 2.00 bits per heavy atom. The lowest BCUT2D eigenvalue weighted by Crippen LogP contribution is -2.42. The standard InChI is InChI=1S/C11H22N2O/c1-11(14)8-12-7-10(11)9-3-5-13(2)6-4-9/h9-10,12,14H,3-8H2,1-2H3. The molecule has 2 fully saturated rings. The fourth-order valence-electron chi connectivity index (χ4n) is 2.94. The zero-order valence-corrected chi connectivity index (χ0v) is 9.29. The van der Waals surface area contributed by atoms with Gasteiger partial charge in [0.05, 0.1) is 5.60 Å². The highest BCUT2D eigenvalue weighted by atomic mass is 16.3. The van der Waals surface area contributed by atoms with Gasteiger partial charge in [-0.15, -0.1) is 0 Å². The van der Waals surface area contributed by atoms with Gasteiger partial charge in [-0.05, 0) is 45.8 Å². The fourth-order valence-corrected chi connectivity index (χ4v) is 2.94. The number of likely N-dealkylation sites (tertiary alicyclic amines) is 1. The average Bonchev–Trinajstić information content (AvgIpc) is 2.47. The molecule has 2 aliphatic rings. The molecule has 2 N–H and O–H groups in total. The van der Waals surface area contributed by atoms with E-state index in [0.717, 1.165) is 19.0 Å². The third kappa shape index (κ3) is 1.95. The summed E-state index contributed by atoms with van der Waals surface area (Å²) >= 11 is 0. The molecule has 0 aromatic carbocycles. The Labute approximate surface area is 86.5 Å². The number of piperidine rings is 1. The second kappa shape index (κ2) is 3.80. The number of nitrogens with one attached hydrogen (secondary N) is 1. The Bertz CT molecular complexity index is 197. The van der Waals surface area contributed by atoms with Crippen molar-refractivity contribution in [2.24, 2.45) is 11.8 Å². The van der Waals surface area contributed by atoms with Gasteiger partial charge in [0.2, 0.25) is 0 Å². The number of hydrogen-bond acceptors (Lipinski definition) is 3. The van der Waals surface area contributed by atoms with Crippen molar-refractivity contribution in [3.05, 3.63) is 0 Å². The third-order valence-corrected chi connectivity index (χ3v) is 3.98. The Morgan fingerprint density at radius 1 is 1.36 bits per heavy atom. The largest absolute Gasteiger partial charge is 0.389 e. The number of β-amino-alcohol motifs (C(OH)–C–C–N with tert-alkyl or cyclic N) is 1. The van der Waals surface area contributed by atoms with Gasteiger partial charge in [0, 0.05) is 19.0 Å². The summed E-state index contributed by atoms with van der Waals surface area (Å²) < 4.78 is 0. The van der Waals surface area contributed by atoms with E-state index in [9.17, 15) is 5.11 Å². The highest BCUT2D eigenvalue weighted by Crippen LogP contribution is 2.34. The predicted octanol–water partition coefficient (Wildman–Crippen LogP) is 0.299. The van der Waals surface area contributed by atoms with E-state index < -0.39 is 5.60 Å². The summed E-state index contributed by atoms with van der Waals surface area (Å²) in [6, 6.07) is 0. The number of hydrogen-bond donors (Lipinski definition) is 2. The third-order valence-electron chi connectivity index (χ3n) is 3.98. The first kappa shape index (κ1) is 10.4. The average molecular weight is 198 g/mol. The van der Waals surface area contributed by atoms with E-state index in [4.69, 9.17) is 0 Å². The van der Waals surface area contributed by atoms with Crippen LogP contribution in [0.1, 0.15) is 19.8 Å². The molecule has 2 atom stereocenters. The van der Waals surface area contributed by atoms with E-state index >= 15 is 0 Å². The molecule has 0 saturated carbocycles. The molecule has 2 saturated heterocycles. The molecule has 3 heteroatoms. The quantitative estimate of drug-likeness (QED) is 0.636. The van der Waals surface area contributed by atoms with Gasteiger partial charge < -0.3 is 15.3 Å². The van der Waals surface area contributed by atoms with Crippen molar-refractivity contribution in [2.45, 2.75) is 25.4 Å². The molecular weight excluding hydrogens is 176 g/mol. The van der Waals surface area contributed by atoms with E-state index in [-0.39, 0.29) is 0 Å². The monoisotopic (exact) mass is 198 g/mol. The van der Waals surface area contributed by atoms with E-state index in [1.165, 1.54) is 25.9 Å². The normalized spacial score (nSPS) is 41.8. The molecule has 0 aromatic rings. The minimum Gasteiger partial charge on any atom is -0.389 e. The molecule has 0 aromatic heterocycles. The summed E-state index contributed by atoms with van der Waals surface area (Å²) in [4.78, 5) is 2.38. The highest BCUT2D eigenvalue weighted by molar-refractivity contribution is 4.96. The van der Waals surface area contributed by atoms with Crippen molar-refractivity contribution in [3.8, 4) is 0 Å². The number of aliphatic hydroxyl groups is 1. The van der Waals surface area contributed by atoms with Gasteiger partial charge in [0.1, 0.15) is 0 Å². The summed E-state index contributed by atoms with van der Waals surface area (Å²) in [6.45, 7) is 6.13. The van der Waals surface area contributed by atoms with Gasteiger partial charge in [0.15, 0.2) is 0 Å². The van der Waals surface area contributed by atoms with Crippen molar-refractivity contribution in [1.82, 2.24) is 10.2 Å². The molecule has 2 rings (SSSR count). The lowest BCUT2D eigenvalue weighted by atomic mass is 9.77. The summed E-state index contributed by atoms with van der Waals surface area (Å²) in [5.74, 6) is 1.19. The van der Waals surface area contributed by atoms with Crippen LogP contribution in [0.3, 0.4) is 0 Å². The van der Waals surface area contributed by atoms with Gasteiger partial charge in [0.25, 0.3) is 0 Å². The van der Waals surface area contributed by atoms with E-state index in [1.807, 2.05) is 6.92 Å². The van der Waals surface area contributed by atoms with Crippen LogP contribution in [0.2, 0.25) is 0 Å². The van der Waals surface area contributed by atoms with Crippen molar-refractivity contribution >= 4 is 0 Å². The molecular formula is C11H22N2O. The smallest absolute Gasteiger partial charge is 0.0786 e. The van der Waals surface area contributed by atoms with Gasteiger partial charge in [-0.3, -0.25) is 0 Å². The zero-order valence-electron chi connectivity index (χ0n) is 9.29. The molecule has 0 bridgehead atoms. The van der Waals surface area contributed by atoms with E-state index in [2.05, 4.69) is 17.3 Å². The van der Waals surface area contributed by atoms with Crippen LogP contribution in [0.4, 0.5) is 0 Å². The van der Waals surface area contributed by atoms with Crippen molar-refractivity contribution in [1.29, 1.82) is 0 Å². The van der Waals surface area contributed by atoms with Gasteiger partial charge >= 0.3 is 0 Å². The van der Waals surface area contributed by atoms with Crippen molar-refractivity contribution in [2.75, 3.05) is 33.2 Å². The summed E-state index contributed by atoms with van der Waals surface area (Å²) in [5, 5.41) is 13.5. The van der Waals surface area contributed by atoms with Gasteiger partial charge in [-0.25, -0.2) is 0 Å². The Morgan fingerprint density at radius 3 is 2.50 bits per heavy atom. The van der Waals surface area contributed by atoms with Crippen LogP contribution in [-0.4, -0.2) is 48.8 Å². The lowest BCUT2D eigenvalue weighted by molar-refractivity contribution is -0.00236. The minimum absolute atomic E-state index is 0.469. The van der Waals surface area contributed by atoms with Crippen LogP contribution >= 0.6 is 0 Å². The molecule has 0 radical (unpaired) electrons. The zero-order chi connectivity index (χ0) is 10.2. The second-order valence-corrected chi connectivity index (χ2v) is 5.24. The first-order chi connectivity index (χ1) is 6.59. The topological polar surface area (TPSA) is 35.5 Å². The first-order valence-corrected chi connectivity index (χ1v) is 5.71. The maximum atomic E-state index is 10.2. The summed E-state index contributed by atoms with van der Waals surface area (Å²) in [6.07, 6.45) is 2.50. The van der Waals surface area contributed by atoms with Crippen molar-refractivity contribution < 1.29 is 5.11 Å². The molecule has 2 heterocycles.